The van der Waals surface area contributed by atoms with Crippen molar-refractivity contribution in [3.05, 3.63) is 12.0 Å². The lowest BCUT2D eigenvalue weighted by molar-refractivity contribution is -0.276. The Hall–Kier alpha value is -1.19. The number of nitrogens with one attached hydrogen (secondary N) is 1. The summed E-state index contributed by atoms with van der Waals surface area (Å²) in [5.41, 5.74) is -0.0189. The molecule has 0 fully saturated rings. The summed E-state index contributed by atoms with van der Waals surface area (Å²) < 4.78 is 4.96. The Morgan fingerprint density at radius 2 is 1.67 bits per heavy atom. The summed E-state index contributed by atoms with van der Waals surface area (Å²) >= 11 is 0. The van der Waals surface area contributed by atoms with Gasteiger partial charge in [-0.2, -0.15) is 0 Å². The monoisotopic (exact) mass is 256 g/mol. The summed E-state index contributed by atoms with van der Waals surface area (Å²) in [5.74, 6) is -0.560. The van der Waals surface area contributed by atoms with Gasteiger partial charge in [-0.15, -0.1) is 6.26 Å². The third-order valence-electron chi connectivity index (χ3n) is 2.84. The molecular weight excluding hydrogens is 230 g/mol. The minimum absolute atomic E-state index is 0.0189. The minimum atomic E-state index is -0.560. The number of carbonyl (C=O) groups excluding carboxylic acids is 1. The first kappa shape index (κ1) is 16.8. The molecular formula is C14H26NO3-. The molecule has 0 amide bonds. The molecule has 0 spiro atoms. The maximum Gasteiger partial charge on any atom is 0.353 e. The van der Waals surface area contributed by atoms with E-state index in [2.05, 4.69) is 12.2 Å². The fourth-order valence-electron chi connectivity index (χ4n) is 1.69. The average molecular weight is 256 g/mol. The van der Waals surface area contributed by atoms with Gasteiger partial charge in [0, 0.05) is 7.05 Å². The topological polar surface area (TPSA) is 61.4 Å². The fraction of sp³-hybridized carbons (Fsp3) is 0.786. The van der Waals surface area contributed by atoms with E-state index in [9.17, 15) is 9.90 Å². The van der Waals surface area contributed by atoms with Crippen molar-refractivity contribution in [1.29, 1.82) is 0 Å². The van der Waals surface area contributed by atoms with E-state index in [1.807, 2.05) is 0 Å². The van der Waals surface area contributed by atoms with Crippen LogP contribution in [0.15, 0.2) is 12.0 Å². The molecule has 0 aliphatic heterocycles. The zero-order valence-corrected chi connectivity index (χ0v) is 11.7. The number of carbonyl (C=O) groups is 1. The molecule has 0 rings (SSSR count). The van der Waals surface area contributed by atoms with Gasteiger partial charge in [0.15, 0.2) is 0 Å². The normalized spacial score (nSPS) is 11.3. The lowest BCUT2D eigenvalue weighted by Gasteiger charge is -2.09. The van der Waals surface area contributed by atoms with Crippen LogP contribution < -0.4 is 10.4 Å². The smallest absolute Gasteiger partial charge is 0.353 e. The van der Waals surface area contributed by atoms with Gasteiger partial charge in [-0.3, -0.25) is 0 Å². The van der Waals surface area contributed by atoms with Gasteiger partial charge in [0.25, 0.3) is 0 Å². The number of hydrogen-bond donors (Lipinski definition) is 1. The van der Waals surface area contributed by atoms with Crippen molar-refractivity contribution >= 4 is 5.97 Å². The summed E-state index contributed by atoms with van der Waals surface area (Å²) in [6.07, 6.45) is 10.1. The molecule has 0 aromatic heterocycles. The van der Waals surface area contributed by atoms with Crippen molar-refractivity contribution in [2.45, 2.75) is 58.3 Å². The molecule has 0 aliphatic carbocycles. The molecule has 0 aromatic rings. The van der Waals surface area contributed by atoms with Gasteiger partial charge in [-0.05, 0) is 6.42 Å². The molecule has 0 saturated carbocycles. The van der Waals surface area contributed by atoms with Crippen LogP contribution in [0.3, 0.4) is 0 Å². The summed E-state index contributed by atoms with van der Waals surface area (Å²) in [5, 5.41) is 12.9. The summed E-state index contributed by atoms with van der Waals surface area (Å²) in [6.45, 7) is 2.61. The van der Waals surface area contributed by atoms with E-state index in [0.29, 0.717) is 12.9 Å². The predicted molar refractivity (Wildman–Crippen MR) is 70.7 cm³/mol. The number of unbranched alkanes of at least 4 members (excludes halogenated alkanes) is 7. The number of ether oxygens (including phenoxy) is 1. The van der Waals surface area contributed by atoms with E-state index >= 15 is 0 Å². The van der Waals surface area contributed by atoms with Gasteiger partial charge >= 0.3 is 5.97 Å². The van der Waals surface area contributed by atoms with E-state index in [1.54, 1.807) is 0 Å². The third-order valence-corrected chi connectivity index (χ3v) is 2.84. The van der Waals surface area contributed by atoms with E-state index in [1.165, 1.54) is 45.6 Å². The van der Waals surface area contributed by atoms with Crippen LogP contribution in [0.25, 0.3) is 0 Å². The first-order valence-electron chi connectivity index (χ1n) is 6.93. The molecule has 4 nitrogen and oxygen atoms in total. The quantitative estimate of drug-likeness (QED) is 0.266. The molecule has 4 heteroatoms. The zero-order chi connectivity index (χ0) is 13.6. The third kappa shape index (κ3) is 8.90. The van der Waals surface area contributed by atoms with Crippen molar-refractivity contribution in [2.24, 2.45) is 0 Å². The van der Waals surface area contributed by atoms with Crippen molar-refractivity contribution in [1.82, 2.24) is 5.32 Å². The molecule has 1 N–H and O–H groups in total. The van der Waals surface area contributed by atoms with Crippen LogP contribution in [-0.4, -0.2) is 19.6 Å². The molecule has 0 bridgehead atoms. The second kappa shape index (κ2) is 12.3. The van der Waals surface area contributed by atoms with E-state index < -0.39 is 5.97 Å². The molecule has 0 atom stereocenters. The van der Waals surface area contributed by atoms with Gasteiger partial charge in [0.2, 0.25) is 0 Å². The molecule has 0 saturated heterocycles. The second-order valence-electron chi connectivity index (χ2n) is 4.39. The standard InChI is InChI=1S/C14H27NO3/c1-3-4-5-6-7-8-9-10-11-18-14(17)13(12-16)15-2/h12,15-16H,3-11H2,1-2H3/p-1/b13-12+. The van der Waals surface area contributed by atoms with Crippen molar-refractivity contribution in [3.8, 4) is 0 Å². The maximum atomic E-state index is 11.3. The Balaban J connectivity index is 3.33. The maximum absolute atomic E-state index is 11.3. The Labute approximate surface area is 110 Å². The minimum Gasteiger partial charge on any atom is -0.876 e. The van der Waals surface area contributed by atoms with E-state index in [0.717, 1.165) is 12.8 Å². The zero-order valence-electron chi connectivity index (χ0n) is 11.7. The average Bonchev–Trinajstić information content (AvgIpc) is 2.38. The van der Waals surface area contributed by atoms with Crippen LogP contribution in [0, 0.1) is 0 Å². The first-order chi connectivity index (χ1) is 8.76. The van der Waals surface area contributed by atoms with Crippen LogP contribution >= 0.6 is 0 Å². The Morgan fingerprint density at radius 3 is 2.17 bits per heavy atom. The fourth-order valence-corrected chi connectivity index (χ4v) is 1.69. The van der Waals surface area contributed by atoms with Crippen molar-refractivity contribution in [3.63, 3.8) is 0 Å². The van der Waals surface area contributed by atoms with E-state index in [4.69, 9.17) is 4.74 Å². The highest BCUT2D eigenvalue weighted by Gasteiger charge is 2.05. The summed E-state index contributed by atoms with van der Waals surface area (Å²) in [4.78, 5) is 11.3. The molecule has 0 radical (unpaired) electrons. The second-order valence-corrected chi connectivity index (χ2v) is 4.39. The van der Waals surface area contributed by atoms with Gasteiger partial charge < -0.3 is 15.2 Å². The summed E-state index contributed by atoms with van der Waals surface area (Å²) in [7, 11) is 1.53. The van der Waals surface area contributed by atoms with Crippen LogP contribution in [0.4, 0.5) is 0 Å². The van der Waals surface area contributed by atoms with Gasteiger partial charge in [0.05, 0.1) is 6.61 Å². The van der Waals surface area contributed by atoms with Gasteiger partial charge in [-0.25, -0.2) is 4.79 Å². The molecule has 0 aromatic carbocycles. The SMILES string of the molecule is CCCCCCCCCCOC(=O)/C(=C\[O-])NC. The van der Waals surface area contributed by atoms with Crippen molar-refractivity contribution < 1.29 is 14.6 Å². The van der Waals surface area contributed by atoms with Crippen LogP contribution in [-0.2, 0) is 9.53 Å². The van der Waals surface area contributed by atoms with Crippen LogP contribution in [0.1, 0.15) is 58.3 Å². The van der Waals surface area contributed by atoms with Crippen LogP contribution in [0.2, 0.25) is 0 Å². The molecule has 0 aliphatic rings. The highest BCUT2D eigenvalue weighted by molar-refractivity contribution is 5.87. The van der Waals surface area contributed by atoms with Crippen molar-refractivity contribution in [2.75, 3.05) is 13.7 Å². The van der Waals surface area contributed by atoms with E-state index in [-0.39, 0.29) is 5.70 Å². The Morgan fingerprint density at radius 1 is 1.11 bits per heavy atom. The number of likely N-dealkylation sites (N-methyl/N-ethyl adjacent to an activating group) is 1. The molecule has 106 valence electrons. The molecule has 0 unspecified atom stereocenters. The Bertz CT molecular complexity index is 239. The molecule has 18 heavy (non-hydrogen) atoms. The lowest BCUT2D eigenvalue weighted by atomic mass is 10.1. The first-order valence-corrected chi connectivity index (χ1v) is 6.93. The highest BCUT2D eigenvalue weighted by atomic mass is 16.5. The van der Waals surface area contributed by atoms with Crippen LogP contribution in [0.5, 0.6) is 0 Å². The summed E-state index contributed by atoms with van der Waals surface area (Å²) in [6, 6.07) is 0. The number of esters is 1. The largest absolute Gasteiger partial charge is 0.876 e. The number of rotatable bonds is 11. The highest BCUT2D eigenvalue weighted by Crippen LogP contribution is 2.08. The van der Waals surface area contributed by atoms with Gasteiger partial charge in [-0.1, -0.05) is 51.9 Å². The molecule has 0 heterocycles. The predicted octanol–water partition coefficient (Wildman–Crippen LogP) is 2.09. The number of hydrogen-bond acceptors (Lipinski definition) is 4. The Kier molecular flexibility index (Phi) is 11.5. The lowest BCUT2D eigenvalue weighted by Crippen LogP contribution is -2.21. The van der Waals surface area contributed by atoms with Gasteiger partial charge in [0.1, 0.15) is 5.70 Å².